The summed E-state index contributed by atoms with van der Waals surface area (Å²) in [7, 11) is 0. The van der Waals surface area contributed by atoms with E-state index < -0.39 is 0 Å². The van der Waals surface area contributed by atoms with E-state index in [4.69, 9.17) is 19.7 Å². The predicted octanol–water partition coefficient (Wildman–Crippen LogP) is 12.2. The van der Waals surface area contributed by atoms with E-state index in [0.29, 0.717) is 17.5 Å². The van der Waals surface area contributed by atoms with Crippen molar-refractivity contribution in [3.63, 3.8) is 0 Å². The third kappa shape index (κ3) is 6.66. The van der Waals surface area contributed by atoms with Gasteiger partial charge in [-0.05, 0) is 58.5 Å². The Bertz CT molecular complexity index is 2510. The van der Waals surface area contributed by atoms with Crippen molar-refractivity contribution in [1.82, 2.24) is 15.0 Å². The summed E-state index contributed by atoms with van der Waals surface area (Å²) >= 11 is 0. The molecule has 4 heteroatoms. The summed E-state index contributed by atoms with van der Waals surface area (Å²) in [6, 6.07) is 51.7. The third-order valence-corrected chi connectivity index (χ3v) is 9.12. The number of hydrogen-bond donors (Lipinski definition) is 0. The van der Waals surface area contributed by atoms with Crippen molar-refractivity contribution in [2.45, 2.75) is 6.92 Å². The van der Waals surface area contributed by atoms with E-state index >= 15 is 0 Å². The number of para-hydroxylation sites is 1. The van der Waals surface area contributed by atoms with Crippen LogP contribution in [0.4, 0.5) is 0 Å². The van der Waals surface area contributed by atoms with Crippen LogP contribution in [0.1, 0.15) is 23.6 Å². The SMILES string of the molecule is C=C/C=C\C1=C(/C)Oc2ccccc2-c2ccccc2/C=C\c2ccc(-c3nc(-c4ccccc4)nc(-c4cccc(-c5ccccc5)c4)n3)cc21. The maximum absolute atomic E-state index is 6.72. The molecule has 0 saturated carbocycles. The minimum absolute atomic E-state index is 0.580. The van der Waals surface area contributed by atoms with Crippen LogP contribution in [0.3, 0.4) is 0 Å². The highest BCUT2D eigenvalue weighted by atomic mass is 16.5. The number of ether oxygens (including phenoxy) is 1. The Balaban J connectivity index is 1.32. The Morgan fingerprint density at radius 3 is 1.77 bits per heavy atom. The Hall–Kier alpha value is -6.91. The lowest BCUT2D eigenvalue weighted by Gasteiger charge is -2.16. The fraction of sp³-hybridized carbons (Fsp3) is 0.0208. The number of allylic oxidation sites excluding steroid dienone is 5. The first-order valence-corrected chi connectivity index (χ1v) is 17.3. The van der Waals surface area contributed by atoms with Crippen molar-refractivity contribution < 1.29 is 4.74 Å². The summed E-state index contributed by atoms with van der Waals surface area (Å²) in [5, 5.41) is 0. The molecule has 0 amide bonds. The second-order valence-electron chi connectivity index (χ2n) is 12.5. The van der Waals surface area contributed by atoms with Crippen LogP contribution in [0.25, 0.3) is 74.1 Å². The highest BCUT2D eigenvalue weighted by molar-refractivity contribution is 5.90. The second kappa shape index (κ2) is 14.5. The fourth-order valence-electron chi connectivity index (χ4n) is 6.52. The Labute approximate surface area is 304 Å². The average Bonchev–Trinajstić information content (AvgIpc) is 3.23. The molecular weight excluding hydrogens is 635 g/mol. The van der Waals surface area contributed by atoms with E-state index in [1.54, 1.807) is 6.08 Å². The molecule has 0 radical (unpaired) electrons. The summed E-state index contributed by atoms with van der Waals surface area (Å²) in [4.78, 5) is 15.2. The van der Waals surface area contributed by atoms with Crippen molar-refractivity contribution in [2.24, 2.45) is 0 Å². The number of aromatic nitrogens is 3. The van der Waals surface area contributed by atoms with E-state index in [1.165, 1.54) is 0 Å². The highest BCUT2D eigenvalue weighted by Gasteiger charge is 2.18. The van der Waals surface area contributed by atoms with Crippen LogP contribution in [0.2, 0.25) is 0 Å². The van der Waals surface area contributed by atoms with E-state index in [1.807, 2.05) is 67.6 Å². The minimum atomic E-state index is 0.580. The van der Waals surface area contributed by atoms with Gasteiger partial charge < -0.3 is 4.74 Å². The van der Waals surface area contributed by atoms with Crippen LogP contribution in [0, 0.1) is 0 Å². The number of rotatable bonds is 6. The van der Waals surface area contributed by atoms with Gasteiger partial charge in [-0.15, -0.1) is 0 Å². The Morgan fingerprint density at radius 2 is 1.04 bits per heavy atom. The van der Waals surface area contributed by atoms with Crippen LogP contribution >= 0.6 is 0 Å². The maximum Gasteiger partial charge on any atom is 0.164 e. The zero-order chi connectivity index (χ0) is 35.3. The van der Waals surface area contributed by atoms with Crippen molar-refractivity contribution >= 4 is 17.7 Å². The lowest BCUT2D eigenvalue weighted by Crippen LogP contribution is -2.02. The third-order valence-electron chi connectivity index (χ3n) is 9.12. The van der Waals surface area contributed by atoms with Crippen LogP contribution in [0.15, 0.2) is 182 Å². The molecule has 7 aromatic rings. The fourth-order valence-corrected chi connectivity index (χ4v) is 6.52. The molecule has 0 fully saturated rings. The smallest absolute Gasteiger partial charge is 0.164 e. The van der Waals surface area contributed by atoms with Gasteiger partial charge >= 0.3 is 0 Å². The molecule has 248 valence electrons. The number of nitrogens with zero attached hydrogens (tertiary/aromatic N) is 3. The van der Waals surface area contributed by atoms with Gasteiger partial charge in [-0.3, -0.25) is 0 Å². The summed E-state index contributed by atoms with van der Waals surface area (Å²) in [6.07, 6.45) is 10.1. The maximum atomic E-state index is 6.72. The van der Waals surface area contributed by atoms with Crippen LogP contribution in [-0.4, -0.2) is 15.0 Å². The summed E-state index contributed by atoms with van der Waals surface area (Å²) in [5.74, 6) is 3.34. The van der Waals surface area contributed by atoms with E-state index in [-0.39, 0.29) is 0 Å². The van der Waals surface area contributed by atoms with E-state index in [9.17, 15) is 0 Å². The highest BCUT2D eigenvalue weighted by Crippen LogP contribution is 2.38. The van der Waals surface area contributed by atoms with Crippen molar-refractivity contribution in [2.75, 3.05) is 0 Å². The molecule has 6 aromatic carbocycles. The van der Waals surface area contributed by atoms with E-state index in [0.717, 1.165) is 72.7 Å². The monoisotopic (exact) mass is 669 g/mol. The standard InChI is InChI=1S/C48H35N3O/c1-3-4-23-41-33(2)52-45-26-14-13-25-43(45)42-24-12-11-18-35(42)27-28-36-29-30-40(32-44(36)41)48-50-46(37-19-9-6-10-20-37)49-47(51-48)39-22-15-21-38(31-39)34-16-7-5-8-17-34/h3-32H,1H2,2H3/b23-4-,28-27-,41-33-. The summed E-state index contributed by atoms with van der Waals surface area (Å²) < 4.78 is 6.72. The second-order valence-corrected chi connectivity index (χ2v) is 12.5. The van der Waals surface area contributed by atoms with Gasteiger partial charge in [-0.25, -0.2) is 15.0 Å². The van der Waals surface area contributed by atoms with Crippen LogP contribution in [0.5, 0.6) is 5.75 Å². The number of benzene rings is 6. The topological polar surface area (TPSA) is 47.9 Å². The van der Waals surface area contributed by atoms with E-state index in [2.05, 4.69) is 122 Å². The molecule has 1 aromatic heterocycles. The van der Waals surface area contributed by atoms with Gasteiger partial charge in [0.15, 0.2) is 17.5 Å². The Morgan fingerprint density at radius 1 is 0.481 bits per heavy atom. The van der Waals surface area contributed by atoms with Crippen LogP contribution in [-0.2, 0) is 0 Å². The molecule has 0 spiro atoms. The molecule has 2 heterocycles. The van der Waals surface area contributed by atoms with Gasteiger partial charge in [-0.1, -0.05) is 170 Å². The zero-order valence-electron chi connectivity index (χ0n) is 28.8. The van der Waals surface area contributed by atoms with Gasteiger partial charge in [0.05, 0.1) is 0 Å². The first-order valence-electron chi connectivity index (χ1n) is 17.3. The van der Waals surface area contributed by atoms with Gasteiger partial charge in [0, 0.05) is 27.8 Å². The molecular formula is C48H35N3O. The molecule has 0 bridgehead atoms. The first-order chi connectivity index (χ1) is 25.6. The van der Waals surface area contributed by atoms with Gasteiger partial charge in [0.2, 0.25) is 0 Å². The molecule has 0 aliphatic carbocycles. The molecule has 0 N–H and O–H groups in total. The molecule has 8 rings (SSSR count). The summed E-state index contributed by atoms with van der Waals surface area (Å²) in [6.45, 7) is 5.97. The van der Waals surface area contributed by atoms with Crippen molar-refractivity contribution in [1.29, 1.82) is 0 Å². The number of fused-ring (bicyclic) bond motifs is 4. The molecule has 52 heavy (non-hydrogen) atoms. The molecule has 0 atom stereocenters. The van der Waals surface area contributed by atoms with Gasteiger partial charge in [0.1, 0.15) is 11.5 Å². The lowest BCUT2D eigenvalue weighted by atomic mass is 9.94. The quantitative estimate of drug-likeness (QED) is 0.165. The lowest BCUT2D eigenvalue weighted by molar-refractivity contribution is 0.432. The first kappa shape index (κ1) is 32.3. The van der Waals surface area contributed by atoms with Gasteiger partial charge in [-0.2, -0.15) is 0 Å². The molecule has 1 aliphatic heterocycles. The Kier molecular flexibility index (Phi) is 9.02. The zero-order valence-corrected chi connectivity index (χ0v) is 28.8. The largest absolute Gasteiger partial charge is 0.461 e. The normalized spacial score (nSPS) is 14.3. The molecule has 0 saturated heterocycles. The van der Waals surface area contributed by atoms with Crippen molar-refractivity contribution in [3.05, 3.63) is 199 Å². The average molecular weight is 670 g/mol. The summed E-state index contributed by atoms with van der Waals surface area (Å²) in [5.41, 5.74) is 11.1. The van der Waals surface area contributed by atoms with Gasteiger partial charge in [0.25, 0.3) is 0 Å². The number of hydrogen-bond acceptors (Lipinski definition) is 4. The molecule has 1 aliphatic rings. The molecule has 0 unspecified atom stereocenters. The van der Waals surface area contributed by atoms with Crippen LogP contribution < -0.4 is 4.74 Å². The molecule has 4 nitrogen and oxygen atoms in total. The minimum Gasteiger partial charge on any atom is -0.461 e. The predicted molar refractivity (Wildman–Crippen MR) is 215 cm³/mol. The van der Waals surface area contributed by atoms with Crippen molar-refractivity contribution in [3.8, 4) is 62.2 Å².